The van der Waals surface area contributed by atoms with Gasteiger partial charge in [-0.1, -0.05) is 6.07 Å². The molecule has 5 heteroatoms. The largest absolute Gasteiger partial charge is 0.348 e. The summed E-state index contributed by atoms with van der Waals surface area (Å²) in [4.78, 5) is 15.6. The number of hydrogen-bond acceptors (Lipinski definition) is 4. The van der Waals surface area contributed by atoms with E-state index in [1.165, 1.54) is 14.2 Å². The van der Waals surface area contributed by atoms with Crippen molar-refractivity contribution in [1.29, 1.82) is 0 Å². The third kappa shape index (κ3) is 3.00. The van der Waals surface area contributed by atoms with E-state index in [1.807, 2.05) is 13.0 Å². The number of pyridine rings is 1. The summed E-state index contributed by atoms with van der Waals surface area (Å²) in [6, 6.07) is 3.66. The molecular weight excluding hydrogens is 196 g/mol. The van der Waals surface area contributed by atoms with Crippen LogP contribution in [0.3, 0.4) is 0 Å². The molecule has 0 aliphatic rings. The number of ether oxygens (including phenoxy) is 2. The van der Waals surface area contributed by atoms with Crippen molar-refractivity contribution in [2.45, 2.75) is 13.2 Å². The van der Waals surface area contributed by atoms with Crippen molar-refractivity contribution in [2.75, 3.05) is 19.5 Å². The molecule has 1 aromatic rings. The number of hydrogen-bond donors (Lipinski definition) is 1. The molecular formula is C10H14N2O3. The van der Waals surface area contributed by atoms with E-state index in [0.717, 1.165) is 5.56 Å². The average molecular weight is 210 g/mol. The van der Waals surface area contributed by atoms with Crippen LogP contribution < -0.4 is 5.32 Å². The van der Waals surface area contributed by atoms with Crippen LogP contribution in [-0.4, -0.2) is 31.4 Å². The van der Waals surface area contributed by atoms with E-state index in [-0.39, 0.29) is 5.91 Å². The number of carbonyl (C=O) groups is 1. The lowest BCUT2D eigenvalue weighted by atomic mass is 10.3. The first kappa shape index (κ1) is 11.6. The maximum atomic E-state index is 11.5. The second-order valence-electron chi connectivity index (χ2n) is 2.96. The minimum Gasteiger partial charge on any atom is -0.348 e. The Morgan fingerprint density at radius 1 is 1.47 bits per heavy atom. The molecule has 0 aliphatic heterocycles. The summed E-state index contributed by atoms with van der Waals surface area (Å²) < 4.78 is 9.62. The van der Waals surface area contributed by atoms with Gasteiger partial charge in [0, 0.05) is 20.4 Å². The van der Waals surface area contributed by atoms with Crippen molar-refractivity contribution in [2.24, 2.45) is 0 Å². The fraction of sp³-hybridized carbons (Fsp3) is 0.400. The Labute approximate surface area is 88.4 Å². The van der Waals surface area contributed by atoms with Gasteiger partial charge in [0.25, 0.3) is 5.91 Å². The van der Waals surface area contributed by atoms with Crippen LogP contribution in [0.1, 0.15) is 5.56 Å². The molecule has 0 radical (unpaired) electrons. The zero-order valence-electron chi connectivity index (χ0n) is 8.98. The second-order valence-corrected chi connectivity index (χ2v) is 2.96. The lowest BCUT2D eigenvalue weighted by Crippen LogP contribution is -2.31. The van der Waals surface area contributed by atoms with Crippen LogP contribution in [0.5, 0.6) is 0 Å². The number of methoxy groups -OCH3 is 2. The number of nitrogens with zero attached hydrogens (tertiary/aromatic N) is 1. The van der Waals surface area contributed by atoms with Gasteiger partial charge < -0.3 is 14.8 Å². The van der Waals surface area contributed by atoms with Crippen LogP contribution in [0.25, 0.3) is 0 Å². The Morgan fingerprint density at radius 3 is 2.67 bits per heavy atom. The molecule has 1 rings (SSSR count). The standard InChI is InChI=1S/C10H14N2O3/c1-7-5-4-6-11-8(7)12-9(13)10(14-2)15-3/h4-6,10H,1-3H3,(H,11,12,13). The van der Waals surface area contributed by atoms with Gasteiger partial charge in [-0.15, -0.1) is 0 Å². The molecule has 0 fully saturated rings. The van der Waals surface area contributed by atoms with Crippen LogP contribution in [0.4, 0.5) is 5.82 Å². The third-order valence-corrected chi connectivity index (χ3v) is 1.89. The van der Waals surface area contributed by atoms with Gasteiger partial charge in [0.05, 0.1) is 0 Å². The first-order valence-corrected chi connectivity index (χ1v) is 4.47. The SMILES string of the molecule is COC(OC)C(=O)Nc1ncccc1C. The van der Waals surface area contributed by atoms with E-state index in [2.05, 4.69) is 10.3 Å². The second kappa shape index (κ2) is 5.43. The number of rotatable bonds is 4. The molecule has 1 N–H and O–H groups in total. The van der Waals surface area contributed by atoms with E-state index in [4.69, 9.17) is 9.47 Å². The monoisotopic (exact) mass is 210 g/mol. The molecule has 0 atom stereocenters. The fourth-order valence-corrected chi connectivity index (χ4v) is 1.10. The quantitative estimate of drug-likeness (QED) is 0.751. The topological polar surface area (TPSA) is 60.5 Å². The number of nitrogens with one attached hydrogen (secondary N) is 1. The van der Waals surface area contributed by atoms with E-state index in [1.54, 1.807) is 12.3 Å². The lowest BCUT2D eigenvalue weighted by Gasteiger charge is -2.13. The average Bonchev–Trinajstić information content (AvgIpc) is 2.23. The lowest BCUT2D eigenvalue weighted by molar-refractivity contribution is -0.153. The maximum absolute atomic E-state index is 11.5. The minimum atomic E-state index is -0.911. The van der Waals surface area contributed by atoms with Crippen molar-refractivity contribution in [3.63, 3.8) is 0 Å². The van der Waals surface area contributed by atoms with Crippen LogP contribution in [0.15, 0.2) is 18.3 Å². The Morgan fingerprint density at radius 2 is 2.13 bits per heavy atom. The van der Waals surface area contributed by atoms with Crippen molar-refractivity contribution in [1.82, 2.24) is 4.98 Å². The molecule has 5 nitrogen and oxygen atoms in total. The highest BCUT2D eigenvalue weighted by Crippen LogP contribution is 2.09. The number of anilines is 1. The van der Waals surface area contributed by atoms with Gasteiger partial charge in [-0.2, -0.15) is 0 Å². The summed E-state index contributed by atoms with van der Waals surface area (Å²) in [5, 5.41) is 2.61. The van der Waals surface area contributed by atoms with Crippen molar-refractivity contribution in [3.05, 3.63) is 23.9 Å². The zero-order chi connectivity index (χ0) is 11.3. The molecule has 1 heterocycles. The molecule has 0 unspecified atom stereocenters. The summed E-state index contributed by atoms with van der Waals surface area (Å²) in [5.41, 5.74) is 0.886. The maximum Gasteiger partial charge on any atom is 0.282 e. The number of aryl methyl sites for hydroxylation is 1. The highest BCUT2D eigenvalue weighted by Gasteiger charge is 2.17. The molecule has 82 valence electrons. The van der Waals surface area contributed by atoms with Crippen LogP contribution in [0, 0.1) is 6.92 Å². The molecule has 15 heavy (non-hydrogen) atoms. The summed E-state index contributed by atoms with van der Waals surface area (Å²) in [5.74, 6) is 0.142. The first-order chi connectivity index (χ1) is 7.19. The predicted molar refractivity (Wildman–Crippen MR) is 55.4 cm³/mol. The van der Waals surface area contributed by atoms with Gasteiger partial charge >= 0.3 is 0 Å². The molecule has 0 aromatic carbocycles. The van der Waals surface area contributed by atoms with Gasteiger partial charge in [-0.05, 0) is 18.6 Å². The Balaban J connectivity index is 2.70. The van der Waals surface area contributed by atoms with E-state index >= 15 is 0 Å². The molecule has 1 amide bonds. The number of carbonyl (C=O) groups excluding carboxylic acids is 1. The molecule has 1 aromatic heterocycles. The molecule has 0 saturated heterocycles. The molecule has 0 bridgehead atoms. The van der Waals surface area contributed by atoms with Crippen molar-refractivity contribution in [3.8, 4) is 0 Å². The summed E-state index contributed by atoms with van der Waals surface area (Å²) in [6.45, 7) is 1.86. The Bertz CT molecular complexity index is 337. The van der Waals surface area contributed by atoms with Crippen molar-refractivity contribution >= 4 is 11.7 Å². The van der Waals surface area contributed by atoms with Gasteiger partial charge in [-0.25, -0.2) is 4.98 Å². The minimum absolute atomic E-state index is 0.373. The van der Waals surface area contributed by atoms with Crippen LogP contribution >= 0.6 is 0 Å². The van der Waals surface area contributed by atoms with Crippen LogP contribution in [-0.2, 0) is 14.3 Å². The van der Waals surface area contributed by atoms with Gasteiger partial charge in [0.15, 0.2) is 0 Å². The van der Waals surface area contributed by atoms with Gasteiger partial charge in [0.2, 0.25) is 6.29 Å². The molecule has 0 saturated carbocycles. The van der Waals surface area contributed by atoms with Crippen LogP contribution in [0.2, 0.25) is 0 Å². The zero-order valence-corrected chi connectivity index (χ0v) is 8.98. The summed E-state index contributed by atoms with van der Waals surface area (Å²) in [6.07, 6.45) is 0.698. The predicted octanol–water partition coefficient (Wildman–Crippen LogP) is 0.947. The van der Waals surface area contributed by atoms with E-state index < -0.39 is 6.29 Å². The summed E-state index contributed by atoms with van der Waals surface area (Å²) >= 11 is 0. The fourth-order valence-electron chi connectivity index (χ4n) is 1.10. The molecule has 0 spiro atoms. The first-order valence-electron chi connectivity index (χ1n) is 4.47. The van der Waals surface area contributed by atoms with Crippen molar-refractivity contribution < 1.29 is 14.3 Å². The number of aromatic nitrogens is 1. The van der Waals surface area contributed by atoms with Gasteiger partial charge in [0.1, 0.15) is 5.82 Å². The van der Waals surface area contributed by atoms with E-state index in [9.17, 15) is 4.79 Å². The van der Waals surface area contributed by atoms with E-state index in [0.29, 0.717) is 5.82 Å². The Hall–Kier alpha value is -1.46. The third-order valence-electron chi connectivity index (χ3n) is 1.89. The highest BCUT2D eigenvalue weighted by molar-refractivity contribution is 5.92. The smallest absolute Gasteiger partial charge is 0.282 e. The Kier molecular flexibility index (Phi) is 4.20. The van der Waals surface area contributed by atoms with Gasteiger partial charge in [-0.3, -0.25) is 4.79 Å². The molecule has 0 aliphatic carbocycles. The summed E-state index contributed by atoms with van der Waals surface area (Å²) in [7, 11) is 2.80. The number of amides is 1. The normalized spacial score (nSPS) is 10.4. The highest BCUT2D eigenvalue weighted by atomic mass is 16.7.